The minimum Gasteiger partial charge on any atom is -0.497 e. The second kappa shape index (κ2) is 9.74. The van der Waals surface area contributed by atoms with Gasteiger partial charge in [-0.3, -0.25) is 4.79 Å². The molecule has 2 atom stereocenters. The van der Waals surface area contributed by atoms with Crippen molar-refractivity contribution in [3.63, 3.8) is 0 Å². The molecule has 1 saturated heterocycles. The summed E-state index contributed by atoms with van der Waals surface area (Å²) < 4.78 is 7.07. The smallest absolute Gasteiger partial charge is 0.225 e. The number of anilines is 1. The van der Waals surface area contributed by atoms with Crippen molar-refractivity contribution < 1.29 is 9.53 Å². The van der Waals surface area contributed by atoms with Crippen LogP contribution in [0.3, 0.4) is 0 Å². The van der Waals surface area contributed by atoms with E-state index in [1.807, 2.05) is 54.2 Å². The van der Waals surface area contributed by atoms with E-state index in [0.29, 0.717) is 12.2 Å². The van der Waals surface area contributed by atoms with E-state index in [4.69, 9.17) is 4.74 Å². The monoisotopic (exact) mass is 470 g/mol. The molecule has 1 amide bonds. The summed E-state index contributed by atoms with van der Waals surface area (Å²) >= 11 is 0. The van der Waals surface area contributed by atoms with E-state index < -0.39 is 0 Å². The molecule has 0 radical (unpaired) electrons. The van der Waals surface area contributed by atoms with Crippen LogP contribution in [-0.4, -0.2) is 45.9 Å². The van der Waals surface area contributed by atoms with E-state index in [-0.39, 0.29) is 17.9 Å². The third-order valence-electron chi connectivity index (χ3n) is 6.66. The lowest BCUT2D eigenvalue weighted by molar-refractivity contribution is -0.125. The first-order valence-corrected chi connectivity index (χ1v) is 12.0. The molecule has 2 aromatic carbocycles. The molecule has 8 nitrogen and oxygen atoms in total. The molecule has 180 valence electrons. The Balaban J connectivity index is 1.32. The van der Waals surface area contributed by atoms with Crippen molar-refractivity contribution in [2.24, 2.45) is 5.92 Å². The lowest BCUT2D eigenvalue weighted by atomic mass is 9.96. The molecular formula is C27H30N6O2. The highest BCUT2D eigenvalue weighted by Crippen LogP contribution is 2.28. The van der Waals surface area contributed by atoms with Crippen LogP contribution in [0.25, 0.3) is 16.7 Å². The zero-order valence-electron chi connectivity index (χ0n) is 20.3. The number of rotatable bonds is 6. The van der Waals surface area contributed by atoms with Crippen LogP contribution in [0, 0.1) is 12.8 Å². The predicted octanol–water partition coefficient (Wildman–Crippen LogP) is 4.23. The summed E-state index contributed by atoms with van der Waals surface area (Å²) in [5.74, 6) is 1.59. The van der Waals surface area contributed by atoms with Crippen molar-refractivity contribution in [1.29, 1.82) is 0 Å². The molecule has 3 heterocycles. The summed E-state index contributed by atoms with van der Waals surface area (Å²) in [7, 11) is 1.65. The maximum absolute atomic E-state index is 13.2. The zero-order valence-corrected chi connectivity index (χ0v) is 20.3. The van der Waals surface area contributed by atoms with Crippen molar-refractivity contribution in [3.05, 3.63) is 72.2 Å². The van der Waals surface area contributed by atoms with Gasteiger partial charge in [-0.1, -0.05) is 29.8 Å². The normalized spacial score (nSPS) is 16.8. The van der Waals surface area contributed by atoms with Crippen LogP contribution in [0.1, 0.15) is 36.9 Å². The number of nitrogens with zero attached hydrogens (tertiary/aromatic N) is 5. The maximum Gasteiger partial charge on any atom is 0.225 e. The van der Waals surface area contributed by atoms with E-state index in [9.17, 15) is 4.79 Å². The standard InChI is InChI=1S/C27H30N6O2/c1-18-6-10-22(11-7-18)33-16-24-25(31-33)28-17-29-26(24)32-14-4-5-21(15-32)27(34)30-19(2)20-8-12-23(35-3)13-9-20/h6-13,16-17,19,21H,4-5,14-15H2,1-3H3,(H,30,34)/t19-,21-/m1/s1. The molecular weight excluding hydrogens is 440 g/mol. The predicted molar refractivity (Wildman–Crippen MR) is 136 cm³/mol. The van der Waals surface area contributed by atoms with Gasteiger partial charge in [0.25, 0.3) is 0 Å². The Morgan fingerprint density at radius 1 is 1.11 bits per heavy atom. The number of ether oxygens (including phenoxy) is 1. The topological polar surface area (TPSA) is 85.2 Å². The molecule has 0 bridgehead atoms. The third kappa shape index (κ3) is 4.82. The van der Waals surface area contributed by atoms with Crippen molar-refractivity contribution in [1.82, 2.24) is 25.1 Å². The first-order valence-electron chi connectivity index (χ1n) is 12.0. The van der Waals surface area contributed by atoms with Gasteiger partial charge < -0.3 is 15.0 Å². The average Bonchev–Trinajstić information content (AvgIpc) is 3.33. The first kappa shape index (κ1) is 22.8. The number of fused-ring (bicyclic) bond motifs is 1. The number of nitrogens with one attached hydrogen (secondary N) is 1. The molecule has 0 spiro atoms. The molecule has 35 heavy (non-hydrogen) atoms. The van der Waals surface area contributed by atoms with Crippen LogP contribution in [0.4, 0.5) is 5.82 Å². The number of aryl methyl sites for hydroxylation is 1. The number of benzene rings is 2. The Morgan fingerprint density at radius 2 is 1.89 bits per heavy atom. The van der Waals surface area contributed by atoms with Gasteiger partial charge in [0.15, 0.2) is 5.65 Å². The van der Waals surface area contributed by atoms with Gasteiger partial charge in [-0.15, -0.1) is 5.10 Å². The molecule has 5 rings (SSSR count). The third-order valence-corrected chi connectivity index (χ3v) is 6.66. The number of aromatic nitrogens is 4. The van der Waals surface area contributed by atoms with E-state index in [0.717, 1.165) is 47.6 Å². The highest BCUT2D eigenvalue weighted by atomic mass is 16.5. The summed E-state index contributed by atoms with van der Waals surface area (Å²) in [6, 6.07) is 15.9. The number of hydrogen-bond donors (Lipinski definition) is 1. The fraction of sp³-hybridized carbons (Fsp3) is 0.333. The number of carbonyl (C=O) groups is 1. The number of piperidine rings is 1. The highest BCUT2D eigenvalue weighted by Gasteiger charge is 2.29. The number of hydrogen-bond acceptors (Lipinski definition) is 6. The molecule has 4 aromatic rings. The number of amides is 1. The van der Waals surface area contributed by atoms with E-state index in [2.05, 4.69) is 44.3 Å². The molecule has 0 aliphatic carbocycles. The van der Waals surface area contributed by atoms with Crippen LogP contribution in [0.5, 0.6) is 5.75 Å². The molecule has 0 saturated carbocycles. The van der Waals surface area contributed by atoms with Gasteiger partial charge in [0.1, 0.15) is 17.9 Å². The second-order valence-electron chi connectivity index (χ2n) is 9.13. The van der Waals surface area contributed by atoms with E-state index >= 15 is 0 Å². The highest BCUT2D eigenvalue weighted by molar-refractivity contribution is 5.87. The molecule has 1 aliphatic rings. The quantitative estimate of drug-likeness (QED) is 0.454. The van der Waals surface area contributed by atoms with Gasteiger partial charge in [0, 0.05) is 19.3 Å². The molecule has 0 unspecified atom stereocenters. The van der Waals surface area contributed by atoms with Crippen molar-refractivity contribution in [3.8, 4) is 11.4 Å². The summed E-state index contributed by atoms with van der Waals surface area (Å²) in [6.45, 7) is 5.53. The van der Waals surface area contributed by atoms with Gasteiger partial charge in [-0.05, 0) is 56.5 Å². The SMILES string of the molecule is COc1ccc([C@@H](C)NC(=O)[C@@H]2CCCN(c3ncnc4nn(-c5ccc(C)cc5)cc34)C2)cc1. The molecule has 1 fully saturated rings. The van der Waals surface area contributed by atoms with Gasteiger partial charge in [-0.2, -0.15) is 0 Å². The number of methoxy groups -OCH3 is 1. The molecule has 1 aliphatic heterocycles. The Bertz CT molecular complexity index is 1320. The van der Waals surface area contributed by atoms with Crippen LogP contribution in [0.15, 0.2) is 61.1 Å². The summed E-state index contributed by atoms with van der Waals surface area (Å²) in [4.78, 5) is 24.3. The fourth-order valence-electron chi connectivity index (χ4n) is 4.60. The zero-order chi connectivity index (χ0) is 24.4. The Hall–Kier alpha value is -3.94. The van der Waals surface area contributed by atoms with Crippen molar-refractivity contribution in [2.45, 2.75) is 32.7 Å². The second-order valence-corrected chi connectivity index (χ2v) is 9.13. The van der Waals surface area contributed by atoms with Crippen molar-refractivity contribution >= 4 is 22.8 Å². The van der Waals surface area contributed by atoms with E-state index in [1.165, 1.54) is 5.56 Å². The Morgan fingerprint density at radius 3 is 2.63 bits per heavy atom. The van der Waals surface area contributed by atoms with Crippen LogP contribution in [-0.2, 0) is 4.79 Å². The molecule has 2 aromatic heterocycles. The number of carbonyl (C=O) groups excluding carboxylic acids is 1. The fourth-order valence-corrected chi connectivity index (χ4v) is 4.60. The van der Waals surface area contributed by atoms with Crippen molar-refractivity contribution in [2.75, 3.05) is 25.1 Å². The first-order chi connectivity index (χ1) is 17.0. The summed E-state index contributed by atoms with van der Waals surface area (Å²) in [6.07, 6.45) is 5.31. The van der Waals surface area contributed by atoms with Gasteiger partial charge in [-0.25, -0.2) is 14.6 Å². The van der Waals surface area contributed by atoms with E-state index in [1.54, 1.807) is 13.4 Å². The lowest BCUT2D eigenvalue weighted by Gasteiger charge is -2.33. The summed E-state index contributed by atoms with van der Waals surface area (Å²) in [5.41, 5.74) is 3.87. The van der Waals surface area contributed by atoms with Crippen LogP contribution < -0.4 is 15.0 Å². The lowest BCUT2D eigenvalue weighted by Crippen LogP contribution is -2.44. The van der Waals surface area contributed by atoms with Crippen LogP contribution in [0.2, 0.25) is 0 Å². The average molecular weight is 471 g/mol. The van der Waals surface area contributed by atoms with Gasteiger partial charge in [0.2, 0.25) is 5.91 Å². The Kier molecular flexibility index (Phi) is 6.35. The maximum atomic E-state index is 13.2. The minimum absolute atomic E-state index is 0.0682. The minimum atomic E-state index is -0.110. The van der Waals surface area contributed by atoms with Gasteiger partial charge in [0.05, 0.1) is 30.1 Å². The van der Waals surface area contributed by atoms with Crippen LogP contribution >= 0.6 is 0 Å². The Labute approximate surface area is 205 Å². The molecule has 8 heteroatoms. The summed E-state index contributed by atoms with van der Waals surface area (Å²) in [5, 5.41) is 8.73. The van der Waals surface area contributed by atoms with Gasteiger partial charge >= 0.3 is 0 Å². The largest absolute Gasteiger partial charge is 0.497 e. The molecule has 1 N–H and O–H groups in total.